The quantitative estimate of drug-likeness (QED) is 0.612. The summed E-state index contributed by atoms with van der Waals surface area (Å²) in [6.07, 6.45) is -1.31. The van der Waals surface area contributed by atoms with Crippen LogP contribution in [0.5, 0.6) is 5.75 Å². The summed E-state index contributed by atoms with van der Waals surface area (Å²) >= 11 is 0. The molecule has 0 aromatic heterocycles. The van der Waals surface area contributed by atoms with E-state index in [0.29, 0.717) is 11.6 Å². The lowest BCUT2D eigenvalue weighted by Gasteiger charge is -2.05. The van der Waals surface area contributed by atoms with E-state index in [1.54, 1.807) is 12.1 Å². The average molecular weight is 256 g/mol. The van der Waals surface area contributed by atoms with Crippen molar-refractivity contribution < 1.29 is 14.6 Å². The van der Waals surface area contributed by atoms with Crippen LogP contribution in [0, 0.1) is 6.92 Å². The van der Waals surface area contributed by atoms with E-state index in [-0.39, 0.29) is 0 Å². The van der Waals surface area contributed by atoms with Gasteiger partial charge >= 0.3 is 6.16 Å². The van der Waals surface area contributed by atoms with Crippen molar-refractivity contribution in [3.05, 3.63) is 39.5 Å². The molecule has 2 heterocycles. The molecule has 0 amide bonds. The van der Waals surface area contributed by atoms with E-state index < -0.39 is 6.16 Å². The van der Waals surface area contributed by atoms with Gasteiger partial charge < -0.3 is 9.84 Å². The highest BCUT2D eigenvalue weighted by atomic mass is 16.7. The lowest BCUT2D eigenvalue weighted by Crippen LogP contribution is -2.27. The normalized spacial score (nSPS) is 15.9. The van der Waals surface area contributed by atoms with Gasteiger partial charge in [0.15, 0.2) is 5.84 Å². The SMILES string of the molecule is CC1=C(C)C2=c3c(C)c(OC(=O)O)ccc3=NC2=N1. The highest BCUT2D eigenvalue weighted by Gasteiger charge is 2.25. The molecule has 1 N–H and O–H groups in total. The molecule has 0 saturated carbocycles. The molecule has 1 aromatic rings. The van der Waals surface area contributed by atoms with Gasteiger partial charge in [0.05, 0.1) is 5.36 Å². The van der Waals surface area contributed by atoms with E-state index in [1.165, 1.54) is 0 Å². The van der Waals surface area contributed by atoms with Crippen molar-refractivity contribution in [2.75, 3.05) is 0 Å². The zero-order valence-electron chi connectivity index (χ0n) is 10.8. The summed E-state index contributed by atoms with van der Waals surface area (Å²) in [6.45, 7) is 5.77. The van der Waals surface area contributed by atoms with Crippen LogP contribution in [0.25, 0.3) is 5.57 Å². The van der Waals surface area contributed by atoms with Crippen molar-refractivity contribution in [3.63, 3.8) is 0 Å². The van der Waals surface area contributed by atoms with E-state index in [9.17, 15) is 4.79 Å². The summed E-state index contributed by atoms with van der Waals surface area (Å²) < 4.78 is 4.79. The van der Waals surface area contributed by atoms with Crippen molar-refractivity contribution in [2.45, 2.75) is 20.8 Å². The molecule has 0 atom stereocenters. The predicted octanol–water partition coefficient (Wildman–Crippen LogP) is 1.54. The number of rotatable bonds is 1. The van der Waals surface area contributed by atoms with Crippen molar-refractivity contribution in [3.8, 4) is 5.75 Å². The molecule has 0 saturated heterocycles. The van der Waals surface area contributed by atoms with Gasteiger partial charge in [-0.25, -0.2) is 14.8 Å². The molecule has 2 aliphatic heterocycles. The molecular weight excluding hydrogens is 244 g/mol. The van der Waals surface area contributed by atoms with Crippen LogP contribution in [0.2, 0.25) is 0 Å². The third-order valence-corrected chi connectivity index (χ3v) is 3.48. The van der Waals surface area contributed by atoms with E-state index in [4.69, 9.17) is 9.84 Å². The molecule has 3 rings (SSSR count). The topological polar surface area (TPSA) is 71.2 Å². The van der Waals surface area contributed by atoms with Crippen LogP contribution in [0.1, 0.15) is 19.4 Å². The molecule has 0 spiro atoms. The number of carboxylic acid groups (broad SMARTS) is 1. The first-order valence-corrected chi connectivity index (χ1v) is 5.89. The van der Waals surface area contributed by atoms with Gasteiger partial charge in [-0.3, -0.25) is 0 Å². The first-order chi connectivity index (χ1) is 8.99. The Morgan fingerprint density at radius 2 is 1.95 bits per heavy atom. The Morgan fingerprint density at radius 1 is 1.21 bits per heavy atom. The number of hydrogen-bond donors (Lipinski definition) is 1. The fraction of sp³-hybridized carbons (Fsp3) is 0.214. The molecule has 0 radical (unpaired) electrons. The second-order valence-corrected chi connectivity index (χ2v) is 4.58. The number of allylic oxidation sites excluding steroid dienone is 1. The highest BCUT2D eigenvalue weighted by molar-refractivity contribution is 6.26. The Bertz CT molecular complexity index is 801. The van der Waals surface area contributed by atoms with E-state index >= 15 is 0 Å². The number of aliphatic imine (C=N–C) groups is 1. The highest BCUT2D eigenvalue weighted by Crippen LogP contribution is 2.27. The fourth-order valence-electron chi connectivity index (χ4n) is 2.43. The van der Waals surface area contributed by atoms with E-state index in [2.05, 4.69) is 9.98 Å². The molecule has 1 aromatic carbocycles. The van der Waals surface area contributed by atoms with Gasteiger partial charge in [0.2, 0.25) is 0 Å². The molecule has 96 valence electrons. The van der Waals surface area contributed by atoms with Crippen molar-refractivity contribution in [1.82, 2.24) is 0 Å². The molecule has 0 fully saturated rings. The Kier molecular flexibility index (Phi) is 2.32. The third kappa shape index (κ3) is 1.58. The second kappa shape index (κ2) is 3.78. The third-order valence-electron chi connectivity index (χ3n) is 3.48. The lowest BCUT2D eigenvalue weighted by molar-refractivity contribution is 0.144. The number of carbonyl (C=O) groups is 1. The maximum absolute atomic E-state index is 10.7. The van der Waals surface area contributed by atoms with Crippen LogP contribution in [-0.2, 0) is 0 Å². The Labute approximate surface area is 109 Å². The van der Waals surface area contributed by atoms with Crippen LogP contribution in [0.3, 0.4) is 0 Å². The standard InChI is InChI=1S/C14H12N2O3/c1-6-8(3)15-13-12(6)11-7(2)10(19-14(17)18)5-4-9(11)16-13/h4-5H,1-3H3,(H,17,18). The number of hydrogen-bond acceptors (Lipinski definition) is 4. The lowest BCUT2D eigenvalue weighted by atomic mass is 10.0. The number of benzene rings is 1. The maximum atomic E-state index is 10.7. The molecular formula is C14H12N2O3. The summed E-state index contributed by atoms with van der Waals surface area (Å²) in [7, 11) is 0. The summed E-state index contributed by atoms with van der Waals surface area (Å²) in [5, 5.41) is 10.5. The van der Waals surface area contributed by atoms with Gasteiger partial charge in [0, 0.05) is 22.1 Å². The molecule has 5 heteroatoms. The zero-order valence-corrected chi connectivity index (χ0v) is 10.8. The molecule has 0 bridgehead atoms. The van der Waals surface area contributed by atoms with Gasteiger partial charge in [0.1, 0.15) is 5.75 Å². The van der Waals surface area contributed by atoms with Gasteiger partial charge in [-0.05, 0) is 38.5 Å². The number of amidine groups is 1. The molecule has 0 unspecified atom stereocenters. The molecule has 5 nitrogen and oxygen atoms in total. The predicted molar refractivity (Wildman–Crippen MR) is 69.8 cm³/mol. The molecule has 2 aliphatic rings. The van der Waals surface area contributed by atoms with Crippen LogP contribution >= 0.6 is 0 Å². The Morgan fingerprint density at radius 3 is 2.63 bits per heavy atom. The minimum Gasteiger partial charge on any atom is -0.449 e. The summed E-state index contributed by atoms with van der Waals surface area (Å²) in [5.74, 6) is 1.05. The fourth-order valence-corrected chi connectivity index (χ4v) is 2.43. The van der Waals surface area contributed by atoms with Crippen molar-refractivity contribution >= 4 is 17.6 Å². The summed E-state index contributed by atoms with van der Waals surface area (Å²) in [6, 6.07) is 3.39. The van der Waals surface area contributed by atoms with Crippen LogP contribution in [0.4, 0.5) is 4.79 Å². The Balaban J connectivity index is 2.34. The molecule has 19 heavy (non-hydrogen) atoms. The first-order valence-electron chi connectivity index (χ1n) is 5.89. The molecule has 0 aliphatic carbocycles. The zero-order chi connectivity index (χ0) is 13.7. The smallest absolute Gasteiger partial charge is 0.449 e. The number of ether oxygens (including phenoxy) is 1. The van der Waals surface area contributed by atoms with Gasteiger partial charge in [-0.15, -0.1) is 0 Å². The maximum Gasteiger partial charge on any atom is 0.511 e. The van der Waals surface area contributed by atoms with Crippen LogP contribution < -0.4 is 15.3 Å². The number of nitrogens with zero attached hydrogens (tertiary/aromatic N) is 2. The van der Waals surface area contributed by atoms with Crippen LogP contribution in [-0.4, -0.2) is 17.1 Å². The first kappa shape index (κ1) is 11.6. The monoisotopic (exact) mass is 256 g/mol. The van der Waals surface area contributed by atoms with Crippen LogP contribution in [0.15, 0.2) is 33.4 Å². The van der Waals surface area contributed by atoms with Gasteiger partial charge in [0.25, 0.3) is 0 Å². The van der Waals surface area contributed by atoms with E-state index in [1.807, 2.05) is 20.8 Å². The second-order valence-electron chi connectivity index (χ2n) is 4.58. The minimum atomic E-state index is -1.31. The van der Waals surface area contributed by atoms with Crippen molar-refractivity contribution in [1.29, 1.82) is 0 Å². The largest absolute Gasteiger partial charge is 0.511 e. The number of fused-ring (bicyclic) bond motifs is 2. The van der Waals surface area contributed by atoms with E-state index in [0.717, 1.165) is 33.0 Å². The van der Waals surface area contributed by atoms with Crippen molar-refractivity contribution in [2.24, 2.45) is 9.98 Å². The average Bonchev–Trinajstić information content (AvgIpc) is 2.81. The Hall–Kier alpha value is -2.43. The minimum absolute atomic E-state index is 0.340. The van der Waals surface area contributed by atoms with Gasteiger partial charge in [-0.2, -0.15) is 0 Å². The summed E-state index contributed by atoms with van der Waals surface area (Å²) in [4.78, 5) is 19.6. The summed E-state index contributed by atoms with van der Waals surface area (Å²) in [5.41, 5.74) is 3.79. The van der Waals surface area contributed by atoms with Gasteiger partial charge in [-0.1, -0.05) is 0 Å².